The number of furan rings is 1. The fraction of sp³-hybridized carbons (Fsp3) is 0. The van der Waals surface area contributed by atoms with Gasteiger partial charge in [-0.25, -0.2) is 0 Å². The number of anilines is 3. The van der Waals surface area contributed by atoms with E-state index < -0.39 is 0 Å². The molecule has 0 aliphatic heterocycles. The first-order chi connectivity index (χ1) is 33.2. The van der Waals surface area contributed by atoms with E-state index >= 15 is 0 Å². The van der Waals surface area contributed by atoms with E-state index in [9.17, 15) is 0 Å². The van der Waals surface area contributed by atoms with Crippen LogP contribution in [0.2, 0.25) is 0 Å². The molecule has 11 aromatic carbocycles. The number of hydrogen-bond donors (Lipinski definition) is 0. The van der Waals surface area contributed by atoms with Gasteiger partial charge in [-0.3, -0.25) is 0 Å². The summed E-state index contributed by atoms with van der Waals surface area (Å²) >= 11 is 0. The van der Waals surface area contributed by atoms with Crippen LogP contribution in [0.25, 0.3) is 105 Å². The molecule has 0 amide bonds. The molecule has 3 nitrogen and oxygen atoms in total. The molecule has 0 aliphatic carbocycles. The molecule has 0 aliphatic rings. The predicted molar refractivity (Wildman–Crippen MR) is 282 cm³/mol. The van der Waals surface area contributed by atoms with Gasteiger partial charge in [-0.05, 0) is 129 Å². The Bertz CT molecular complexity index is 3900. The van der Waals surface area contributed by atoms with Crippen LogP contribution in [0.3, 0.4) is 0 Å². The molecule has 13 aromatic rings. The highest BCUT2D eigenvalue weighted by molar-refractivity contribution is 6.12. The van der Waals surface area contributed by atoms with Gasteiger partial charge in [0, 0.05) is 44.2 Å². The molecular formula is C64H42N2O. The lowest BCUT2D eigenvalue weighted by atomic mass is 9.93. The highest BCUT2D eigenvalue weighted by atomic mass is 16.3. The van der Waals surface area contributed by atoms with Crippen LogP contribution in [0.15, 0.2) is 259 Å². The van der Waals surface area contributed by atoms with Gasteiger partial charge >= 0.3 is 0 Å². The first-order valence-corrected chi connectivity index (χ1v) is 22.9. The molecule has 2 aromatic heterocycles. The molecule has 0 saturated heterocycles. The van der Waals surface area contributed by atoms with Crippen molar-refractivity contribution in [2.75, 3.05) is 4.90 Å². The molecule has 0 spiro atoms. The van der Waals surface area contributed by atoms with Gasteiger partial charge in [-0.1, -0.05) is 176 Å². The molecule has 0 bridgehead atoms. The lowest BCUT2D eigenvalue weighted by molar-refractivity contribution is 0.669. The van der Waals surface area contributed by atoms with Crippen LogP contribution in [0.1, 0.15) is 0 Å². The molecule has 67 heavy (non-hydrogen) atoms. The monoisotopic (exact) mass is 854 g/mol. The van der Waals surface area contributed by atoms with Crippen LogP contribution >= 0.6 is 0 Å². The minimum absolute atomic E-state index is 0.882. The summed E-state index contributed by atoms with van der Waals surface area (Å²) in [5.41, 5.74) is 17.9. The van der Waals surface area contributed by atoms with Crippen molar-refractivity contribution in [3.63, 3.8) is 0 Å². The molecular weight excluding hydrogens is 813 g/mol. The van der Waals surface area contributed by atoms with E-state index in [2.05, 4.69) is 264 Å². The number of hydrogen-bond acceptors (Lipinski definition) is 2. The van der Waals surface area contributed by atoms with Crippen LogP contribution < -0.4 is 4.90 Å². The van der Waals surface area contributed by atoms with Crippen molar-refractivity contribution in [3.8, 4) is 50.2 Å². The smallest absolute Gasteiger partial charge is 0.136 e. The highest BCUT2D eigenvalue weighted by Crippen LogP contribution is 2.44. The van der Waals surface area contributed by atoms with E-state index in [1.165, 1.54) is 60.4 Å². The van der Waals surface area contributed by atoms with Crippen molar-refractivity contribution in [2.24, 2.45) is 0 Å². The zero-order valence-corrected chi connectivity index (χ0v) is 36.6. The van der Waals surface area contributed by atoms with E-state index in [4.69, 9.17) is 4.42 Å². The number of aromatic nitrogens is 1. The van der Waals surface area contributed by atoms with Gasteiger partial charge in [-0.2, -0.15) is 0 Å². The Morgan fingerprint density at radius 2 is 0.776 bits per heavy atom. The zero-order chi connectivity index (χ0) is 44.3. The number of rotatable bonds is 8. The summed E-state index contributed by atoms with van der Waals surface area (Å²) in [7, 11) is 0. The first-order valence-electron chi connectivity index (χ1n) is 22.9. The van der Waals surface area contributed by atoms with Gasteiger partial charge in [0.05, 0.1) is 16.7 Å². The molecule has 314 valence electrons. The Labute approximate surface area is 388 Å². The van der Waals surface area contributed by atoms with E-state index in [1.54, 1.807) is 0 Å². The van der Waals surface area contributed by atoms with Crippen LogP contribution in [0.5, 0.6) is 0 Å². The zero-order valence-electron chi connectivity index (χ0n) is 36.6. The minimum Gasteiger partial charge on any atom is -0.456 e. The molecule has 13 rings (SSSR count). The second-order valence-corrected chi connectivity index (χ2v) is 17.3. The van der Waals surface area contributed by atoms with Gasteiger partial charge in [0.15, 0.2) is 0 Å². The first kappa shape index (κ1) is 38.5. The summed E-state index contributed by atoms with van der Waals surface area (Å²) in [5, 5.41) is 7.10. The van der Waals surface area contributed by atoms with Crippen LogP contribution in [0.4, 0.5) is 17.1 Å². The maximum atomic E-state index is 6.45. The van der Waals surface area contributed by atoms with Crippen molar-refractivity contribution >= 4 is 71.6 Å². The minimum atomic E-state index is 0.882. The highest BCUT2D eigenvalue weighted by Gasteiger charge is 2.20. The number of nitrogens with zero attached hydrogens (tertiary/aromatic N) is 2. The Morgan fingerprint density at radius 3 is 1.45 bits per heavy atom. The van der Waals surface area contributed by atoms with E-state index in [-0.39, 0.29) is 0 Å². The average molecular weight is 855 g/mol. The Kier molecular flexibility index (Phi) is 9.17. The van der Waals surface area contributed by atoms with E-state index in [0.717, 1.165) is 61.4 Å². The lowest BCUT2D eigenvalue weighted by Gasteiger charge is -2.28. The van der Waals surface area contributed by atoms with Crippen LogP contribution in [-0.2, 0) is 0 Å². The normalized spacial score (nSPS) is 11.6. The number of fused-ring (bicyclic) bond motifs is 7. The predicted octanol–water partition coefficient (Wildman–Crippen LogP) is 18.0. The molecule has 0 fully saturated rings. The van der Waals surface area contributed by atoms with Gasteiger partial charge in [-0.15, -0.1) is 0 Å². The molecule has 0 N–H and O–H groups in total. The third kappa shape index (κ3) is 6.67. The summed E-state index contributed by atoms with van der Waals surface area (Å²) in [6.07, 6.45) is 0. The summed E-state index contributed by atoms with van der Waals surface area (Å²) in [6.45, 7) is 0. The third-order valence-electron chi connectivity index (χ3n) is 13.4. The topological polar surface area (TPSA) is 21.3 Å². The van der Waals surface area contributed by atoms with E-state index in [0.29, 0.717) is 0 Å². The molecule has 0 atom stereocenters. The fourth-order valence-corrected chi connectivity index (χ4v) is 10.2. The van der Waals surface area contributed by atoms with Gasteiger partial charge in [0.25, 0.3) is 0 Å². The third-order valence-corrected chi connectivity index (χ3v) is 13.4. The lowest BCUT2D eigenvalue weighted by Crippen LogP contribution is -2.11. The van der Waals surface area contributed by atoms with Gasteiger partial charge < -0.3 is 13.9 Å². The van der Waals surface area contributed by atoms with Crippen molar-refractivity contribution in [1.29, 1.82) is 0 Å². The summed E-state index contributed by atoms with van der Waals surface area (Å²) in [5.74, 6) is 0. The van der Waals surface area contributed by atoms with Crippen molar-refractivity contribution in [1.82, 2.24) is 4.57 Å². The van der Waals surface area contributed by atoms with Crippen molar-refractivity contribution < 1.29 is 4.42 Å². The summed E-state index contributed by atoms with van der Waals surface area (Å²) in [6, 6.07) is 91.9. The Hall–Kier alpha value is -8.92. The standard InChI is InChI=1S/C64H42N2O/c1-2-14-45(15-3-1)53-18-6-7-19-54(53)46-28-26-43(27-29-46)44-30-33-50(34-31-44)65(51-35-37-52(38-36-51)66-61-24-12-9-21-56(61)57-22-10-13-25-62(57)66)60-23-11-8-20-55(60)49-32-39-63-58(41-49)59-40-47-16-4-5-17-48(47)42-64(59)67-63/h1-42H. The second kappa shape index (κ2) is 16.0. The van der Waals surface area contributed by atoms with Gasteiger partial charge in [0.1, 0.15) is 11.2 Å². The maximum Gasteiger partial charge on any atom is 0.136 e. The van der Waals surface area contributed by atoms with Gasteiger partial charge in [0.2, 0.25) is 0 Å². The number of benzene rings is 11. The Morgan fingerprint density at radius 1 is 0.299 bits per heavy atom. The fourth-order valence-electron chi connectivity index (χ4n) is 10.2. The SMILES string of the molecule is c1ccc(-c2ccccc2-c2ccc(-c3ccc(N(c4ccc(-n5c6ccccc6c6ccccc65)cc4)c4ccccc4-c4ccc5oc6cc7ccccc7cc6c5c4)cc3)cc2)cc1. The molecule has 2 heterocycles. The van der Waals surface area contributed by atoms with Crippen molar-refractivity contribution in [2.45, 2.75) is 0 Å². The summed E-state index contributed by atoms with van der Waals surface area (Å²) in [4.78, 5) is 2.39. The van der Waals surface area contributed by atoms with Crippen LogP contribution in [0, 0.1) is 0 Å². The Balaban J connectivity index is 0.914. The van der Waals surface area contributed by atoms with Crippen molar-refractivity contribution in [3.05, 3.63) is 255 Å². The average Bonchev–Trinajstić information content (AvgIpc) is 3.93. The molecule has 3 heteroatoms. The van der Waals surface area contributed by atoms with E-state index in [1.807, 2.05) is 0 Å². The maximum absolute atomic E-state index is 6.45. The largest absolute Gasteiger partial charge is 0.456 e. The number of para-hydroxylation sites is 3. The van der Waals surface area contributed by atoms with Crippen LogP contribution in [-0.4, -0.2) is 4.57 Å². The second-order valence-electron chi connectivity index (χ2n) is 17.3. The molecule has 0 saturated carbocycles. The summed E-state index contributed by atoms with van der Waals surface area (Å²) < 4.78 is 8.83. The molecule has 0 radical (unpaired) electrons. The quantitative estimate of drug-likeness (QED) is 0.152. The molecule has 0 unspecified atom stereocenters.